The van der Waals surface area contributed by atoms with Gasteiger partial charge in [0.25, 0.3) is 0 Å². The van der Waals surface area contributed by atoms with Crippen LogP contribution in [-0.4, -0.2) is 36.6 Å². The monoisotopic (exact) mass is 226 g/mol. The van der Waals surface area contributed by atoms with E-state index in [1.165, 1.54) is 25.9 Å². The van der Waals surface area contributed by atoms with E-state index >= 15 is 0 Å². The Balaban J connectivity index is 2.49. The lowest BCUT2D eigenvalue weighted by Gasteiger charge is -2.41. The van der Waals surface area contributed by atoms with Crippen LogP contribution >= 0.6 is 0 Å². The predicted molar refractivity (Wildman–Crippen MR) is 71.7 cm³/mol. The van der Waals surface area contributed by atoms with Crippen molar-refractivity contribution < 1.29 is 0 Å². The smallest absolute Gasteiger partial charge is 0.0221 e. The summed E-state index contributed by atoms with van der Waals surface area (Å²) in [5.41, 5.74) is 0. The van der Waals surface area contributed by atoms with Crippen molar-refractivity contribution in [1.82, 2.24) is 10.2 Å². The molecule has 1 aliphatic rings. The Kier molecular flexibility index (Phi) is 5.77. The van der Waals surface area contributed by atoms with Gasteiger partial charge in [-0.1, -0.05) is 27.7 Å². The molecule has 0 aromatic carbocycles. The van der Waals surface area contributed by atoms with Crippen molar-refractivity contribution in [2.24, 2.45) is 11.8 Å². The maximum atomic E-state index is 3.61. The van der Waals surface area contributed by atoms with Crippen molar-refractivity contribution in [1.29, 1.82) is 0 Å². The summed E-state index contributed by atoms with van der Waals surface area (Å²) >= 11 is 0. The third kappa shape index (κ3) is 3.46. The standard InChI is InChI=1S/C14H30N2/c1-6-14(15-7-2)13(5)16-9-8-11(3)12(4)10-16/h11-15H,6-10H2,1-5H3. The largest absolute Gasteiger partial charge is 0.313 e. The number of rotatable bonds is 5. The maximum Gasteiger partial charge on any atom is 0.0221 e. The molecular formula is C14H30N2. The minimum Gasteiger partial charge on any atom is -0.313 e. The topological polar surface area (TPSA) is 15.3 Å². The van der Waals surface area contributed by atoms with Crippen molar-refractivity contribution in [2.75, 3.05) is 19.6 Å². The van der Waals surface area contributed by atoms with Gasteiger partial charge in [0.1, 0.15) is 0 Å². The van der Waals surface area contributed by atoms with Crippen molar-refractivity contribution in [3.8, 4) is 0 Å². The SMILES string of the molecule is CCNC(CC)C(C)N1CCC(C)C(C)C1. The molecule has 1 saturated heterocycles. The van der Waals surface area contributed by atoms with E-state index in [9.17, 15) is 0 Å². The number of hydrogen-bond donors (Lipinski definition) is 1. The van der Waals surface area contributed by atoms with Gasteiger partial charge in [-0.25, -0.2) is 0 Å². The minimum atomic E-state index is 0.658. The number of nitrogens with zero attached hydrogens (tertiary/aromatic N) is 1. The molecule has 0 spiro atoms. The zero-order valence-corrected chi connectivity index (χ0v) is 11.8. The summed E-state index contributed by atoms with van der Waals surface area (Å²) in [5, 5.41) is 3.61. The van der Waals surface area contributed by atoms with Gasteiger partial charge in [-0.3, -0.25) is 4.90 Å². The van der Waals surface area contributed by atoms with Crippen LogP contribution in [0.25, 0.3) is 0 Å². The first-order chi connectivity index (χ1) is 7.60. The average molecular weight is 226 g/mol. The molecule has 0 radical (unpaired) electrons. The van der Waals surface area contributed by atoms with Crippen molar-refractivity contribution >= 4 is 0 Å². The van der Waals surface area contributed by atoms with Crippen LogP contribution in [0, 0.1) is 11.8 Å². The second-order valence-electron chi connectivity index (χ2n) is 5.55. The molecule has 0 bridgehead atoms. The molecule has 1 fully saturated rings. The van der Waals surface area contributed by atoms with E-state index < -0.39 is 0 Å². The van der Waals surface area contributed by atoms with Gasteiger partial charge in [-0.05, 0) is 44.7 Å². The molecule has 0 amide bonds. The molecule has 0 aliphatic carbocycles. The van der Waals surface area contributed by atoms with Gasteiger partial charge in [-0.15, -0.1) is 0 Å². The van der Waals surface area contributed by atoms with Crippen LogP contribution in [0.3, 0.4) is 0 Å². The van der Waals surface area contributed by atoms with Gasteiger partial charge >= 0.3 is 0 Å². The van der Waals surface area contributed by atoms with Crippen molar-refractivity contribution in [3.05, 3.63) is 0 Å². The Morgan fingerprint density at radius 2 is 1.94 bits per heavy atom. The average Bonchev–Trinajstić information content (AvgIpc) is 2.28. The fourth-order valence-electron chi connectivity index (χ4n) is 2.84. The third-order valence-electron chi connectivity index (χ3n) is 4.43. The highest BCUT2D eigenvalue weighted by Gasteiger charge is 2.28. The summed E-state index contributed by atoms with van der Waals surface area (Å²) in [4.78, 5) is 2.68. The number of likely N-dealkylation sites (tertiary alicyclic amines) is 1. The number of hydrogen-bond acceptors (Lipinski definition) is 2. The summed E-state index contributed by atoms with van der Waals surface area (Å²) in [6.45, 7) is 15.3. The second kappa shape index (κ2) is 6.61. The highest BCUT2D eigenvalue weighted by atomic mass is 15.2. The van der Waals surface area contributed by atoms with E-state index in [0.717, 1.165) is 18.4 Å². The van der Waals surface area contributed by atoms with Gasteiger partial charge in [0.05, 0.1) is 0 Å². The highest BCUT2D eigenvalue weighted by molar-refractivity contribution is 4.84. The Hall–Kier alpha value is -0.0800. The quantitative estimate of drug-likeness (QED) is 0.775. The van der Waals surface area contributed by atoms with Crippen LogP contribution < -0.4 is 5.32 Å². The van der Waals surface area contributed by atoms with E-state index in [4.69, 9.17) is 0 Å². The zero-order chi connectivity index (χ0) is 12.1. The Morgan fingerprint density at radius 3 is 2.44 bits per heavy atom. The first kappa shape index (κ1) is 14.0. The summed E-state index contributed by atoms with van der Waals surface area (Å²) < 4.78 is 0. The van der Waals surface area contributed by atoms with Gasteiger partial charge in [0, 0.05) is 18.6 Å². The molecule has 0 aromatic rings. The fourth-order valence-corrected chi connectivity index (χ4v) is 2.84. The lowest BCUT2D eigenvalue weighted by molar-refractivity contribution is 0.0833. The fraction of sp³-hybridized carbons (Fsp3) is 1.00. The van der Waals surface area contributed by atoms with E-state index in [0.29, 0.717) is 12.1 Å². The molecule has 0 aromatic heterocycles. The second-order valence-corrected chi connectivity index (χ2v) is 5.55. The van der Waals surface area contributed by atoms with E-state index in [2.05, 4.69) is 44.8 Å². The normalized spacial score (nSPS) is 31.3. The summed E-state index contributed by atoms with van der Waals surface area (Å²) in [6.07, 6.45) is 2.60. The molecule has 16 heavy (non-hydrogen) atoms. The molecule has 1 rings (SSSR count). The van der Waals surface area contributed by atoms with Gasteiger partial charge in [-0.2, -0.15) is 0 Å². The minimum absolute atomic E-state index is 0.658. The lowest BCUT2D eigenvalue weighted by Crippen LogP contribution is -2.52. The number of nitrogens with one attached hydrogen (secondary N) is 1. The molecule has 1 N–H and O–H groups in total. The van der Waals surface area contributed by atoms with Crippen molar-refractivity contribution in [2.45, 2.75) is 59.5 Å². The lowest BCUT2D eigenvalue weighted by atomic mass is 9.87. The molecule has 1 heterocycles. The molecule has 1 aliphatic heterocycles. The van der Waals surface area contributed by atoms with E-state index in [-0.39, 0.29) is 0 Å². The molecule has 0 saturated carbocycles. The van der Waals surface area contributed by atoms with Crippen LogP contribution in [0.5, 0.6) is 0 Å². The first-order valence-electron chi connectivity index (χ1n) is 7.07. The molecular weight excluding hydrogens is 196 g/mol. The number of piperidine rings is 1. The predicted octanol–water partition coefficient (Wildman–Crippen LogP) is 2.74. The van der Waals surface area contributed by atoms with Crippen LogP contribution in [-0.2, 0) is 0 Å². The number of likely N-dealkylation sites (N-methyl/N-ethyl adjacent to an activating group) is 1. The van der Waals surface area contributed by atoms with Gasteiger partial charge in [0.15, 0.2) is 0 Å². The zero-order valence-electron chi connectivity index (χ0n) is 11.8. The van der Waals surface area contributed by atoms with E-state index in [1.54, 1.807) is 0 Å². The van der Waals surface area contributed by atoms with Crippen LogP contribution in [0.4, 0.5) is 0 Å². The molecule has 2 heteroatoms. The Bertz CT molecular complexity index is 193. The Morgan fingerprint density at radius 1 is 1.25 bits per heavy atom. The van der Waals surface area contributed by atoms with Crippen LogP contribution in [0.15, 0.2) is 0 Å². The summed E-state index contributed by atoms with van der Waals surface area (Å²) in [6, 6.07) is 1.34. The first-order valence-corrected chi connectivity index (χ1v) is 7.07. The Labute approximate surface area is 102 Å². The van der Waals surface area contributed by atoms with Crippen molar-refractivity contribution in [3.63, 3.8) is 0 Å². The maximum absolute atomic E-state index is 3.61. The van der Waals surface area contributed by atoms with Gasteiger partial charge in [0.2, 0.25) is 0 Å². The summed E-state index contributed by atoms with van der Waals surface area (Å²) in [5.74, 6) is 1.76. The third-order valence-corrected chi connectivity index (χ3v) is 4.43. The van der Waals surface area contributed by atoms with Gasteiger partial charge < -0.3 is 5.32 Å². The molecule has 2 nitrogen and oxygen atoms in total. The molecule has 4 unspecified atom stereocenters. The summed E-state index contributed by atoms with van der Waals surface area (Å²) in [7, 11) is 0. The molecule has 96 valence electrons. The highest BCUT2D eigenvalue weighted by Crippen LogP contribution is 2.24. The van der Waals surface area contributed by atoms with E-state index in [1.807, 2.05) is 0 Å². The molecule has 4 atom stereocenters. The van der Waals surface area contributed by atoms with Crippen LogP contribution in [0.2, 0.25) is 0 Å². The van der Waals surface area contributed by atoms with Crippen LogP contribution in [0.1, 0.15) is 47.5 Å².